The third-order valence-corrected chi connectivity index (χ3v) is 2.45. The average Bonchev–Trinajstić information content (AvgIpc) is 2.36. The van der Waals surface area contributed by atoms with Crippen molar-refractivity contribution in [2.75, 3.05) is 30.0 Å². The quantitative estimate of drug-likeness (QED) is 0.745. The lowest BCUT2D eigenvalue weighted by Crippen LogP contribution is -2.09. The van der Waals surface area contributed by atoms with Crippen LogP contribution in [0.1, 0.15) is 19.2 Å². The second-order valence-electron chi connectivity index (χ2n) is 3.93. The van der Waals surface area contributed by atoms with Crippen LogP contribution in [0.15, 0.2) is 0 Å². The SMILES string of the molecule is CCCNc1nc(N)c2nc(C)nc(NC)c2n1. The molecule has 0 aliphatic rings. The minimum atomic E-state index is 0.362. The van der Waals surface area contributed by atoms with Gasteiger partial charge in [-0.1, -0.05) is 6.92 Å². The van der Waals surface area contributed by atoms with E-state index in [4.69, 9.17) is 5.73 Å². The molecule has 0 aliphatic heterocycles. The minimum Gasteiger partial charge on any atom is -0.382 e. The smallest absolute Gasteiger partial charge is 0.225 e. The fraction of sp³-hybridized carbons (Fsp3) is 0.455. The number of anilines is 3. The Morgan fingerprint density at radius 1 is 1.11 bits per heavy atom. The van der Waals surface area contributed by atoms with Gasteiger partial charge in [-0.15, -0.1) is 0 Å². The van der Waals surface area contributed by atoms with Crippen LogP contribution in [-0.2, 0) is 0 Å². The predicted molar refractivity (Wildman–Crippen MR) is 72.6 cm³/mol. The topological polar surface area (TPSA) is 102 Å². The van der Waals surface area contributed by atoms with Gasteiger partial charge >= 0.3 is 0 Å². The monoisotopic (exact) mass is 247 g/mol. The Kier molecular flexibility index (Phi) is 3.40. The summed E-state index contributed by atoms with van der Waals surface area (Å²) in [6.07, 6.45) is 0.991. The lowest BCUT2D eigenvalue weighted by atomic mass is 10.3. The third-order valence-electron chi connectivity index (χ3n) is 2.45. The van der Waals surface area contributed by atoms with Crippen molar-refractivity contribution >= 4 is 28.6 Å². The standard InChI is InChI=1S/C11H17N7/c1-4-5-14-11-17-8-7(9(12)18-11)15-6(2)16-10(8)13-3/h4-5H2,1-3H3,(H,13,15,16)(H3,12,14,17,18). The molecule has 2 heterocycles. The second kappa shape index (κ2) is 4.99. The van der Waals surface area contributed by atoms with Crippen molar-refractivity contribution in [2.24, 2.45) is 0 Å². The van der Waals surface area contributed by atoms with Gasteiger partial charge in [0.05, 0.1) is 0 Å². The molecule has 2 aromatic rings. The van der Waals surface area contributed by atoms with Crippen molar-refractivity contribution in [1.29, 1.82) is 0 Å². The van der Waals surface area contributed by atoms with Crippen molar-refractivity contribution in [3.63, 3.8) is 0 Å². The maximum absolute atomic E-state index is 5.91. The number of nitrogens with one attached hydrogen (secondary N) is 2. The molecule has 7 nitrogen and oxygen atoms in total. The number of aromatic nitrogens is 4. The Balaban J connectivity index is 2.59. The van der Waals surface area contributed by atoms with Crippen LogP contribution in [0.5, 0.6) is 0 Å². The number of rotatable bonds is 4. The normalized spacial score (nSPS) is 10.6. The summed E-state index contributed by atoms with van der Waals surface area (Å²) < 4.78 is 0. The number of aryl methyl sites for hydroxylation is 1. The molecular weight excluding hydrogens is 230 g/mol. The van der Waals surface area contributed by atoms with Crippen molar-refractivity contribution in [1.82, 2.24) is 19.9 Å². The molecule has 0 spiro atoms. The molecule has 7 heteroatoms. The summed E-state index contributed by atoms with van der Waals surface area (Å²) in [6.45, 7) is 4.68. The van der Waals surface area contributed by atoms with Gasteiger partial charge in [0, 0.05) is 13.6 Å². The van der Waals surface area contributed by atoms with Crippen LogP contribution in [0.2, 0.25) is 0 Å². The molecule has 0 unspecified atom stereocenters. The molecule has 0 aromatic carbocycles. The summed E-state index contributed by atoms with van der Waals surface area (Å²) in [7, 11) is 1.79. The lowest BCUT2D eigenvalue weighted by molar-refractivity contribution is 0.955. The fourth-order valence-electron chi connectivity index (χ4n) is 1.64. The average molecular weight is 247 g/mol. The summed E-state index contributed by atoms with van der Waals surface area (Å²) in [4.78, 5) is 17.2. The van der Waals surface area contributed by atoms with Crippen molar-refractivity contribution < 1.29 is 0 Å². The number of nitrogen functional groups attached to an aromatic ring is 1. The van der Waals surface area contributed by atoms with Gasteiger partial charge in [-0.25, -0.2) is 15.0 Å². The number of nitrogens with zero attached hydrogens (tertiary/aromatic N) is 4. The van der Waals surface area contributed by atoms with Crippen LogP contribution in [0.3, 0.4) is 0 Å². The van der Waals surface area contributed by atoms with Crippen molar-refractivity contribution in [3.05, 3.63) is 5.82 Å². The molecule has 0 fully saturated rings. The molecule has 4 N–H and O–H groups in total. The third kappa shape index (κ3) is 2.24. The number of hydrogen-bond donors (Lipinski definition) is 3. The summed E-state index contributed by atoms with van der Waals surface area (Å²) >= 11 is 0. The highest BCUT2D eigenvalue weighted by Gasteiger charge is 2.11. The summed E-state index contributed by atoms with van der Waals surface area (Å²) in [5, 5.41) is 6.10. The molecule has 0 saturated heterocycles. The molecule has 2 aromatic heterocycles. The van der Waals surface area contributed by atoms with Gasteiger partial charge in [0.1, 0.15) is 16.9 Å². The van der Waals surface area contributed by atoms with Gasteiger partial charge in [-0.2, -0.15) is 4.98 Å². The fourth-order valence-corrected chi connectivity index (χ4v) is 1.64. The Labute approximate surface area is 105 Å². The van der Waals surface area contributed by atoms with Crippen LogP contribution >= 0.6 is 0 Å². The first-order valence-electron chi connectivity index (χ1n) is 5.89. The van der Waals surface area contributed by atoms with Gasteiger partial charge in [-0.05, 0) is 13.3 Å². The van der Waals surface area contributed by atoms with Gasteiger partial charge in [0.25, 0.3) is 0 Å². The van der Waals surface area contributed by atoms with E-state index in [1.165, 1.54) is 0 Å². The first-order valence-corrected chi connectivity index (χ1v) is 5.89. The number of fused-ring (bicyclic) bond motifs is 1. The van der Waals surface area contributed by atoms with E-state index in [1.54, 1.807) is 7.05 Å². The van der Waals surface area contributed by atoms with Crippen LogP contribution in [0.4, 0.5) is 17.6 Å². The lowest BCUT2D eigenvalue weighted by Gasteiger charge is -2.09. The van der Waals surface area contributed by atoms with Crippen LogP contribution in [0.25, 0.3) is 11.0 Å². The van der Waals surface area contributed by atoms with Gasteiger partial charge in [0.2, 0.25) is 5.95 Å². The molecule has 2 rings (SSSR count). The maximum atomic E-state index is 5.91. The highest BCUT2D eigenvalue weighted by Crippen LogP contribution is 2.23. The van der Waals surface area contributed by atoms with E-state index in [1.807, 2.05) is 6.92 Å². The minimum absolute atomic E-state index is 0.362. The van der Waals surface area contributed by atoms with Gasteiger partial charge in [0.15, 0.2) is 11.6 Å². The van der Waals surface area contributed by atoms with E-state index in [0.29, 0.717) is 34.4 Å². The number of nitrogens with two attached hydrogens (primary N) is 1. The Morgan fingerprint density at radius 3 is 2.56 bits per heavy atom. The van der Waals surface area contributed by atoms with E-state index in [2.05, 4.69) is 37.5 Å². The predicted octanol–water partition coefficient (Wildman–Crippen LogP) is 1.17. The molecule has 96 valence electrons. The zero-order valence-corrected chi connectivity index (χ0v) is 10.8. The highest BCUT2D eigenvalue weighted by molar-refractivity contribution is 5.92. The van der Waals surface area contributed by atoms with Crippen LogP contribution < -0.4 is 16.4 Å². The summed E-state index contributed by atoms with van der Waals surface area (Å²) in [5.41, 5.74) is 7.12. The Hall–Kier alpha value is -2.18. The second-order valence-corrected chi connectivity index (χ2v) is 3.93. The van der Waals surface area contributed by atoms with Crippen LogP contribution in [0, 0.1) is 6.92 Å². The van der Waals surface area contributed by atoms with Crippen molar-refractivity contribution in [3.8, 4) is 0 Å². The zero-order valence-electron chi connectivity index (χ0n) is 10.8. The van der Waals surface area contributed by atoms with E-state index >= 15 is 0 Å². The van der Waals surface area contributed by atoms with Gasteiger partial charge < -0.3 is 16.4 Å². The maximum Gasteiger partial charge on any atom is 0.225 e. The largest absolute Gasteiger partial charge is 0.382 e. The van der Waals surface area contributed by atoms with Crippen LogP contribution in [-0.4, -0.2) is 33.5 Å². The molecule has 0 amide bonds. The first-order chi connectivity index (χ1) is 8.65. The van der Waals surface area contributed by atoms with E-state index < -0.39 is 0 Å². The highest BCUT2D eigenvalue weighted by atomic mass is 15.1. The molecular formula is C11H17N7. The summed E-state index contributed by atoms with van der Waals surface area (Å²) in [5.74, 6) is 2.16. The van der Waals surface area contributed by atoms with E-state index in [-0.39, 0.29) is 0 Å². The molecule has 0 radical (unpaired) electrons. The summed E-state index contributed by atoms with van der Waals surface area (Å²) in [6, 6.07) is 0. The molecule has 0 bridgehead atoms. The molecule has 0 saturated carbocycles. The van der Waals surface area contributed by atoms with E-state index in [9.17, 15) is 0 Å². The number of hydrogen-bond acceptors (Lipinski definition) is 7. The zero-order chi connectivity index (χ0) is 13.1. The van der Waals surface area contributed by atoms with E-state index in [0.717, 1.165) is 13.0 Å². The van der Waals surface area contributed by atoms with Gasteiger partial charge in [-0.3, -0.25) is 0 Å². The molecule has 18 heavy (non-hydrogen) atoms. The Morgan fingerprint density at radius 2 is 1.89 bits per heavy atom. The molecule has 0 atom stereocenters. The first kappa shape index (κ1) is 12.3. The Bertz CT molecular complexity index is 567. The molecule has 0 aliphatic carbocycles. The van der Waals surface area contributed by atoms with Crippen molar-refractivity contribution in [2.45, 2.75) is 20.3 Å².